The topological polar surface area (TPSA) is 64.4 Å². The van der Waals surface area contributed by atoms with Gasteiger partial charge in [-0.05, 0) is 25.0 Å². The molecule has 1 N–H and O–H groups in total. The molecule has 1 aromatic rings. The summed E-state index contributed by atoms with van der Waals surface area (Å²) < 4.78 is 43.7. The van der Waals surface area contributed by atoms with Gasteiger partial charge in [-0.2, -0.15) is 13.2 Å². The fourth-order valence-corrected chi connectivity index (χ4v) is 2.19. The van der Waals surface area contributed by atoms with E-state index >= 15 is 0 Å². The molecule has 0 fully saturated rings. The Morgan fingerprint density at radius 2 is 2.14 bits per heavy atom. The van der Waals surface area contributed by atoms with E-state index < -0.39 is 22.4 Å². The van der Waals surface area contributed by atoms with Crippen LogP contribution in [0.25, 0.3) is 0 Å². The number of halogens is 3. The summed E-state index contributed by atoms with van der Waals surface area (Å²) in [6.07, 6.45) is -1.29. The van der Waals surface area contributed by atoms with Gasteiger partial charge in [0.2, 0.25) is 0 Å². The van der Waals surface area contributed by atoms with Gasteiger partial charge in [-0.15, -0.1) is 0 Å². The van der Waals surface area contributed by atoms with Crippen molar-refractivity contribution < 1.29 is 22.8 Å². The minimum absolute atomic E-state index is 0.214. The monoisotopic (exact) mass is 316 g/mol. The molecule has 0 atom stereocenters. The molecule has 1 heterocycles. The van der Waals surface area contributed by atoms with Crippen LogP contribution in [0.1, 0.15) is 18.4 Å². The van der Waals surface area contributed by atoms with Gasteiger partial charge in [-0.3, -0.25) is 10.1 Å². The molecule has 120 valence electrons. The average molecular weight is 316 g/mol. The highest BCUT2D eigenvalue weighted by Crippen LogP contribution is 2.37. The molecule has 0 saturated heterocycles. The zero-order valence-corrected chi connectivity index (χ0v) is 11.7. The predicted molar refractivity (Wildman–Crippen MR) is 74.7 cm³/mol. The van der Waals surface area contributed by atoms with E-state index in [-0.39, 0.29) is 5.69 Å². The van der Waals surface area contributed by atoms with Gasteiger partial charge in [0.15, 0.2) is 0 Å². The van der Waals surface area contributed by atoms with Crippen LogP contribution in [0.5, 0.6) is 0 Å². The molecule has 0 bridgehead atoms. The second-order valence-electron chi connectivity index (χ2n) is 4.85. The zero-order chi connectivity index (χ0) is 16.2. The highest BCUT2D eigenvalue weighted by atomic mass is 19.4. The van der Waals surface area contributed by atoms with Gasteiger partial charge in [-0.25, -0.2) is 0 Å². The number of anilines is 1. The van der Waals surface area contributed by atoms with Gasteiger partial charge in [0.1, 0.15) is 5.56 Å². The number of nitro benzene ring substituents is 1. The van der Waals surface area contributed by atoms with Crippen LogP contribution in [0, 0.1) is 10.1 Å². The number of nitrogens with zero attached hydrogens (tertiary/aromatic N) is 1. The summed E-state index contributed by atoms with van der Waals surface area (Å²) in [5.74, 6) is 0. The summed E-state index contributed by atoms with van der Waals surface area (Å²) >= 11 is 0. The van der Waals surface area contributed by atoms with Crippen LogP contribution >= 0.6 is 0 Å². The quantitative estimate of drug-likeness (QED) is 0.510. The number of hydrogen-bond donors (Lipinski definition) is 1. The Morgan fingerprint density at radius 3 is 2.73 bits per heavy atom. The van der Waals surface area contributed by atoms with Gasteiger partial charge >= 0.3 is 6.18 Å². The van der Waals surface area contributed by atoms with Crippen molar-refractivity contribution >= 4 is 11.4 Å². The van der Waals surface area contributed by atoms with Gasteiger partial charge in [0.25, 0.3) is 5.69 Å². The van der Waals surface area contributed by atoms with Crippen LogP contribution in [-0.2, 0) is 10.9 Å². The van der Waals surface area contributed by atoms with E-state index in [1.54, 1.807) is 0 Å². The van der Waals surface area contributed by atoms with Crippen molar-refractivity contribution in [3.05, 3.63) is 45.5 Å². The van der Waals surface area contributed by atoms with Crippen molar-refractivity contribution in [2.45, 2.75) is 19.0 Å². The zero-order valence-electron chi connectivity index (χ0n) is 11.7. The molecule has 0 amide bonds. The van der Waals surface area contributed by atoms with E-state index in [9.17, 15) is 23.3 Å². The summed E-state index contributed by atoms with van der Waals surface area (Å²) in [7, 11) is 0. The van der Waals surface area contributed by atoms with E-state index in [4.69, 9.17) is 4.74 Å². The Hall–Kier alpha value is -2.09. The molecule has 0 spiro atoms. The van der Waals surface area contributed by atoms with Crippen molar-refractivity contribution in [1.82, 2.24) is 0 Å². The summed E-state index contributed by atoms with van der Waals surface area (Å²) in [6, 6.07) is 2.93. The first kappa shape index (κ1) is 16.3. The second kappa shape index (κ2) is 6.78. The van der Waals surface area contributed by atoms with Crippen molar-refractivity contribution in [3.63, 3.8) is 0 Å². The van der Waals surface area contributed by atoms with Crippen LogP contribution in [0.3, 0.4) is 0 Å². The third kappa shape index (κ3) is 4.20. The summed E-state index contributed by atoms with van der Waals surface area (Å²) in [5.41, 5.74) is -0.778. The maximum absolute atomic E-state index is 12.8. The minimum atomic E-state index is -4.76. The van der Waals surface area contributed by atoms with Gasteiger partial charge in [-0.1, -0.05) is 11.6 Å². The first-order valence-corrected chi connectivity index (χ1v) is 6.73. The molecule has 0 radical (unpaired) electrons. The summed E-state index contributed by atoms with van der Waals surface area (Å²) in [4.78, 5) is 9.64. The number of hydrogen-bond acceptors (Lipinski definition) is 4. The predicted octanol–water partition coefficient (Wildman–Crippen LogP) is 3.76. The third-order valence-corrected chi connectivity index (χ3v) is 3.33. The standard InChI is InChI=1S/C14H15F3N2O3/c15-14(16,17)12-9-11(1-2-13(12)19(20)21)18-6-3-10-4-7-22-8-5-10/h1-2,4,9,18H,3,5-8H2. The molecule has 1 aromatic carbocycles. The van der Waals surface area contributed by atoms with E-state index in [2.05, 4.69) is 5.32 Å². The molecule has 22 heavy (non-hydrogen) atoms. The lowest BCUT2D eigenvalue weighted by atomic mass is 10.1. The lowest BCUT2D eigenvalue weighted by Crippen LogP contribution is -2.11. The highest BCUT2D eigenvalue weighted by Gasteiger charge is 2.38. The molecular formula is C14H15F3N2O3. The second-order valence-corrected chi connectivity index (χ2v) is 4.85. The maximum Gasteiger partial charge on any atom is 0.423 e. The van der Waals surface area contributed by atoms with E-state index in [0.29, 0.717) is 26.2 Å². The maximum atomic E-state index is 12.8. The van der Waals surface area contributed by atoms with Crippen molar-refractivity contribution in [2.24, 2.45) is 0 Å². The number of nitro groups is 1. The van der Waals surface area contributed by atoms with Crippen LogP contribution in [0.2, 0.25) is 0 Å². The summed E-state index contributed by atoms with van der Waals surface area (Å²) in [6.45, 7) is 1.67. The van der Waals surface area contributed by atoms with Crippen molar-refractivity contribution in [3.8, 4) is 0 Å². The fourth-order valence-electron chi connectivity index (χ4n) is 2.19. The Balaban J connectivity index is 2.05. The molecule has 8 heteroatoms. The van der Waals surface area contributed by atoms with Crippen molar-refractivity contribution in [2.75, 3.05) is 25.1 Å². The van der Waals surface area contributed by atoms with Crippen LogP contribution in [-0.4, -0.2) is 24.7 Å². The van der Waals surface area contributed by atoms with Crippen molar-refractivity contribution in [1.29, 1.82) is 0 Å². The highest BCUT2D eigenvalue weighted by molar-refractivity contribution is 5.55. The normalized spacial score (nSPS) is 15.3. The molecule has 0 aromatic heterocycles. The lowest BCUT2D eigenvalue weighted by molar-refractivity contribution is -0.388. The molecule has 1 aliphatic heterocycles. The Kier molecular flexibility index (Phi) is 5.02. The number of rotatable bonds is 5. The first-order chi connectivity index (χ1) is 10.4. The Morgan fingerprint density at radius 1 is 1.36 bits per heavy atom. The van der Waals surface area contributed by atoms with Gasteiger partial charge in [0.05, 0.1) is 18.1 Å². The Labute approximate surface area is 124 Å². The molecule has 0 unspecified atom stereocenters. The summed E-state index contributed by atoms with van der Waals surface area (Å²) in [5, 5.41) is 13.5. The number of nitrogens with one attached hydrogen (secondary N) is 1. The van der Waals surface area contributed by atoms with E-state index in [1.807, 2.05) is 6.08 Å². The number of benzene rings is 1. The fraction of sp³-hybridized carbons (Fsp3) is 0.429. The number of ether oxygens (including phenoxy) is 1. The average Bonchev–Trinajstić information content (AvgIpc) is 2.47. The number of alkyl halides is 3. The lowest BCUT2D eigenvalue weighted by Gasteiger charge is -2.15. The molecule has 1 aliphatic rings. The van der Waals surface area contributed by atoms with Gasteiger partial charge < -0.3 is 10.1 Å². The van der Waals surface area contributed by atoms with E-state index in [0.717, 1.165) is 18.6 Å². The smallest absolute Gasteiger partial charge is 0.385 e. The molecule has 5 nitrogen and oxygen atoms in total. The largest absolute Gasteiger partial charge is 0.423 e. The first-order valence-electron chi connectivity index (χ1n) is 6.73. The minimum Gasteiger partial charge on any atom is -0.385 e. The Bertz CT molecular complexity index is 585. The molecular weight excluding hydrogens is 301 g/mol. The molecule has 0 saturated carbocycles. The van der Waals surface area contributed by atoms with E-state index in [1.165, 1.54) is 11.6 Å². The molecule has 2 rings (SSSR count). The van der Waals surface area contributed by atoms with Gasteiger partial charge in [0, 0.05) is 18.3 Å². The van der Waals surface area contributed by atoms with Crippen LogP contribution in [0.15, 0.2) is 29.8 Å². The third-order valence-electron chi connectivity index (χ3n) is 3.33. The molecule has 0 aliphatic carbocycles. The van der Waals surface area contributed by atoms with Crippen LogP contribution < -0.4 is 5.32 Å². The van der Waals surface area contributed by atoms with Crippen LogP contribution in [0.4, 0.5) is 24.5 Å². The SMILES string of the molecule is O=[N+]([O-])c1ccc(NCCC2=CCOCC2)cc1C(F)(F)F.